The molecule has 0 saturated carbocycles. The molecule has 1 aromatic carbocycles. The van der Waals surface area contributed by atoms with Gasteiger partial charge in [0, 0.05) is 19.0 Å². The van der Waals surface area contributed by atoms with Crippen LogP contribution in [0.25, 0.3) is 0 Å². The average Bonchev–Trinajstić information content (AvgIpc) is 3.08. The van der Waals surface area contributed by atoms with E-state index in [4.69, 9.17) is 0 Å². The highest BCUT2D eigenvalue weighted by atomic mass is 32.1. The molecular weight excluding hydrogens is 330 g/mol. The van der Waals surface area contributed by atoms with E-state index in [0.29, 0.717) is 12.5 Å². The van der Waals surface area contributed by atoms with Gasteiger partial charge in [0.15, 0.2) is 5.96 Å². The quantitative estimate of drug-likeness (QED) is 0.589. The van der Waals surface area contributed by atoms with E-state index < -0.39 is 0 Å². The fraction of sp³-hybridized carbons (Fsp3) is 0.474. The maximum absolute atomic E-state index is 4.65. The minimum atomic E-state index is 0.284. The lowest BCUT2D eigenvalue weighted by Gasteiger charge is -2.26. The van der Waals surface area contributed by atoms with Crippen LogP contribution in [-0.4, -0.2) is 43.5 Å². The first-order valence-corrected chi connectivity index (χ1v) is 9.49. The van der Waals surface area contributed by atoms with Crippen molar-refractivity contribution in [3.63, 3.8) is 0 Å². The number of thiazole rings is 1. The molecule has 136 valence electrons. The van der Waals surface area contributed by atoms with Crippen molar-refractivity contribution in [1.29, 1.82) is 0 Å². The molecule has 25 heavy (non-hydrogen) atoms. The molecule has 0 aliphatic carbocycles. The van der Waals surface area contributed by atoms with Gasteiger partial charge in [-0.15, -0.1) is 11.3 Å². The zero-order valence-corrected chi connectivity index (χ0v) is 16.6. The molecule has 5 nitrogen and oxygen atoms in total. The van der Waals surface area contributed by atoms with Crippen molar-refractivity contribution in [2.45, 2.75) is 32.4 Å². The molecule has 2 rings (SSSR count). The van der Waals surface area contributed by atoms with Crippen molar-refractivity contribution in [2.75, 3.05) is 27.7 Å². The molecule has 0 aliphatic rings. The second-order valence-electron chi connectivity index (χ2n) is 6.52. The number of benzene rings is 1. The predicted octanol–water partition coefficient (Wildman–Crippen LogP) is 3.23. The molecule has 0 amide bonds. The molecule has 1 atom stereocenters. The third-order valence-corrected chi connectivity index (χ3v) is 4.93. The Morgan fingerprint density at radius 2 is 1.92 bits per heavy atom. The van der Waals surface area contributed by atoms with Gasteiger partial charge in [0.1, 0.15) is 5.01 Å². The van der Waals surface area contributed by atoms with Gasteiger partial charge in [-0.25, -0.2) is 4.98 Å². The lowest BCUT2D eigenvalue weighted by Crippen LogP contribution is -2.41. The number of likely N-dealkylation sites (N-methyl/N-ethyl adjacent to an activating group) is 1. The van der Waals surface area contributed by atoms with Gasteiger partial charge < -0.3 is 15.5 Å². The van der Waals surface area contributed by atoms with Gasteiger partial charge in [-0.2, -0.15) is 0 Å². The van der Waals surface area contributed by atoms with Crippen LogP contribution >= 0.6 is 11.3 Å². The molecule has 1 aromatic heterocycles. The molecule has 6 heteroatoms. The summed E-state index contributed by atoms with van der Waals surface area (Å²) in [5.74, 6) is 1.26. The van der Waals surface area contributed by atoms with Crippen LogP contribution in [0.15, 0.2) is 40.7 Å². The highest BCUT2D eigenvalue weighted by Gasteiger charge is 2.14. The molecule has 0 fully saturated rings. The highest BCUT2D eigenvalue weighted by molar-refractivity contribution is 7.09. The summed E-state index contributed by atoms with van der Waals surface area (Å²) in [4.78, 5) is 11.2. The van der Waals surface area contributed by atoms with Crippen LogP contribution in [0.2, 0.25) is 0 Å². The van der Waals surface area contributed by atoms with E-state index in [1.54, 1.807) is 18.4 Å². The smallest absolute Gasteiger partial charge is 0.191 e. The van der Waals surface area contributed by atoms with Crippen molar-refractivity contribution in [3.8, 4) is 0 Å². The lowest BCUT2D eigenvalue weighted by atomic mass is 10.1. The largest absolute Gasteiger partial charge is 0.354 e. The van der Waals surface area contributed by atoms with Crippen molar-refractivity contribution in [3.05, 3.63) is 52.0 Å². The van der Waals surface area contributed by atoms with Gasteiger partial charge in [-0.3, -0.25) is 4.99 Å². The SMILES string of the molecule is CN=C(NCc1nc(C(C)C)cs1)NCC(c1ccccc1)N(C)C. The van der Waals surface area contributed by atoms with Gasteiger partial charge in [0.05, 0.1) is 18.3 Å². The summed E-state index contributed by atoms with van der Waals surface area (Å²) in [5.41, 5.74) is 2.44. The molecule has 1 unspecified atom stereocenters. The van der Waals surface area contributed by atoms with Crippen LogP contribution < -0.4 is 10.6 Å². The molecule has 0 aliphatic heterocycles. The van der Waals surface area contributed by atoms with E-state index in [1.807, 2.05) is 6.07 Å². The average molecular weight is 360 g/mol. The summed E-state index contributed by atoms with van der Waals surface area (Å²) in [6.45, 7) is 5.80. The predicted molar refractivity (Wildman–Crippen MR) is 107 cm³/mol. The van der Waals surface area contributed by atoms with Crippen molar-refractivity contribution < 1.29 is 0 Å². The van der Waals surface area contributed by atoms with Crippen LogP contribution in [0.1, 0.15) is 42.1 Å². The van der Waals surface area contributed by atoms with Crippen molar-refractivity contribution in [1.82, 2.24) is 20.5 Å². The monoisotopic (exact) mass is 359 g/mol. The molecule has 0 spiro atoms. The summed E-state index contributed by atoms with van der Waals surface area (Å²) in [6, 6.07) is 10.8. The molecule has 2 aromatic rings. The summed E-state index contributed by atoms with van der Waals surface area (Å²) in [7, 11) is 5.99. The number of nitrogens with zero attached hydrogens (tertiary/aromatic N) is 3. The van der Waals surface area contributed by atoms with Crippen molar-refractivity contribution in [2.24, 2.45) is 4.99 Å². The number of guanidine groups is 1. The fourth-order valence-electron chi connectivity index (χ4n) is 2.52. The van der Waals surface area contributed by atoms with Gasteiger partial charge in [-0.05, 0) is 25.6 Å². The minimum Gasteiger partial charge on any atom is -0.354 e. The van der Waals surface area contributed by atoms with E-state index in [9.17, 15) is 0 Å². The second-order valence-corrected chi connectivity index (χ2v) is 7.46. The van der Waals surface area contributed by atoms with Gasteiger partial charge >= 0.3 is 0 Å². The number of aromatic nitrogens is 1. The molecule has 1 heterocycles. The Hall–Kier alpha value is -1.92. The molecule has 0 radical (unpaired) electrons. The lowest BCUT2D eigenvalue weighted by molar-refractivity contribution is 0.298. The Bertz CT molecular complexity index is 663. The third kappa shape index (κ3) is 5.83. The number of nitrogens with one attached hydrogen (secondary N) is 2. The van der Waals surface area contributed by atoms with Crippen LogP contribution in [0.4, 0.5) is 0 Å². The zero-order chi connectivity index (χ0) is 18.2. The zero-order valence-electron chi connectivity index (χ0n) is 15.8. The van der Waals surface area contributed by atoms with Crippen LogP contribution in [0.3, 0.4) is 0 Å². The Balaban J connectivity index is 1.90. The van der Waals surface area contributed by atoms with Gasteiger partial charge in [0.2, 0.25) is 0 Å². The number of hydrogen-bond acceptors (Lipinski definition) is 4. The van der Waals surface area contributed by atoms with E-state index in [-0.39, 0.29) is 6.04 Å². The first-order valence-electron chi connectivity index (χ1n) is 8.61. The van der Waals surface area contributed by atoms with E-state index in [2.05, 4.69) is 83.1 Å². The van der Waals surface area contributed by atoms with E-state index in [0.717, 1.165) is 23.2 Å². The Labute approximate surface area is 155 Å². The van der Waals surface area contributed by atoms with E-state index >= 15 is 0 Å². The summed E-state index contributed by atoms with van der Waals surface area (Å²) < 4.78 is 0. The fourth-order valence-corrected chi connectivity index (χ4v) is 3.41. The minimum absolute atomic E-state index is 0.284. The van der Waals surface area contributed by atoms with Crippen molar-refractivity contribution >= 4 is 17.3 Å². The highest BCUT2D eigenvalue weighted by Crippen LogP contribution is 2.18. The normalized spacial score (nSPS) is 13.3. The first kappa shape index (κ1) is 19.4. The summed E-state index contributed by atoms with van der Waals surface area (Å²) >= 11 is 1.69. The molecular formula is C19H29N5S. The maximum Gasteiger partial charge on any atom is 0.191 e. The third-order valence-electron chi connectivity index (χ3n) is 4.06. The number of hydrogen-bond donors (Lipinski definition) is 2. The maximum atomic E-state index is 4.65. The number of aliphatic imine (C=N–C) groups is 1. The molecule has 0 bridgehead atoms. The second kappa shape index (κ2) is 9.53. The molecule has 2 N–H and O–H groups in total. The van der Waals surface area contributed by atoms with Crippen LogP contribution in [-0.2, 0) is 6.54 Å². The Kier molecular flexibility index (Phi) is 7.40. The van der Waals surface area contributed by atoms with Crippen LogP contribution in [0, 0.1) is 0 Å². The summed E-state index contributed by atoms with van der Waals surface area (Å²) in [6.07, 6.45) is 0. The van der Waals surface area contributed by atoms with Gasteiger partial charge in [0.25, 0.3) is 0 Å². The topological polar surface area (TPSA) is 52.6 Å². The number of rotatable bonds is 7. The Morgan fingerprint density at radius 1 is 1.20 bits per heavy atom. The first-order chi connectivity index (χ1) is 12.0. The van der Waals surface area contributed by atoms with Crippen LogP contribution in [0.5, 0.6) is 0 Å². The Morgan fingerprint density at radius 3 is 2.48 bits per heavy atom. The molecule has 0 saturated heterocycles. The van der Waals surface area contributed by atoms with E-state index in [1.165, 1.54) is 5.56 Å². The van der Waals surface area contributed by atoms with Gasteiger partial charge in [-0.1, -0.05) is 44.2 Å². The summed E-state index contributed by atoms with van der Waals surface area (Å²) in [5, 5.41) is 9.99. The standard InChI is InChI=1S/C19H29N5S/c1-14(2)16-13-25-18(23-16)12-22-19(20-3)21-11-17(24(4)5)15-9-7-6-8-10-15/h6-10,13-14,17H,11-12H2,1-5H3,(H2,20,21,22).